The van der Waals surface area contributed by atoms with Crippen LogP contribution < -0.4 is 0 Å². The van der Waals surface area contributed by atoms with Crippen molar-refractivity contribution in [3.05, 3.63) is 17.7 Å². The maximum atomic E-state index is 10.1. The summed E-state index contributed by atoms with van der Waals surface area (Å²) in [6.07, 6.45) is 4.92. The van der Waals surface area contributed by atoms with E-state index in [2.05, 4.69) is 110 Å². The molecule has 0 aromatic heterocycles. The summed E-state index contributed by atoms with van der Waals surface area (Å²) >= 11 is 0.525. The van der Waals surface area contributed by atoms with Crippen molar-refractivity contribution < 1.29 is 24.8 Å². The van der Waals surface area contributed by atoms with E-state index in [1.165, 1.54) is 12.1 Å². The van der Waals surface area contributed by atoms with Crippen LogP contribution in [0.15, 0.2) is 17.0 Å². The molecule has 32 heavy (non-hydrogen) atoms. The molecule has 1 rings (SSSR count). The molecule has 3 N–H and O–H groups in total. The minimum Gasteiger partial charge on any atom is -0.508 e. The summed E-state index contributed by atoms with van der Waals surface area (Å²) in [5.41, 5.74) is 0.385. The Balaban J connectivity index is 2.67. The van der Waals surface area contributed by atoms with Gasteiger partial charge >= 0.3 is 0 Å². The molecule has 1 aromatic carbocycles. The number of phenolic OH excluding ortho intramolecular Hbond substituents is 2. The van der Waals surface area contributed by atoms with Crippen molar-refractivity contribution in [2.45, 2.75) is 17.7 Å². The van der Waals surface area contributed by atoms with Crippen molar-refractivity contribution in [3.8, 4) is 119 Å². The highest BCUT2D eigenvalue weighted by atomic mass is 32.2. The summed E-state index contributed by atoms with van der Waals surface area (Å²) in [5, 5.41) is 31.6. The molecule has 5 nitrogen and oxygen atoms in total. The first-order valence-corrected chi connectivity index (χ1v) is 9.01. The fraction of sp³-hybridized carbons (Fsp3) is 0.0769. The van der Waals surface area contributed by atoms with Crippen LogP contribution in [0.4, 0.5) is 0 Å². The van der Waals surface area contributed by atoms with Gasteiger partial charge in [-0.05, 0) is 114 Å². The first-order valence-electron chi connectivity index (χ1n) is 8.27. The van der Waals surface area contributed by atoms with Crippen molar-refractivity contribution in [2.24, 2.45) is 0 Å². The SMILES string of the molecule is C#CC#CC#CC#CC#CC#CC#CC#CC#CC(C)c1cc(O)c(SOOO)cc1O. The Morgan fingerprint density at radius 1 is 0.750 bits per heavy atom. The van der Waals surface area contributed by atoms with Crippen LogP contribution in [0.2, 0.25) is 0 Å². The smallest absolute Gasteiger partial charge is 0.132 e. The van der Waals surface area contributed by atoms with Crippen molar-refractivity contribution in [1.29, 1.82) is 0 Å². The number of benzene rings is 1. The van der Waals surface area contributed by atoms with Crippen LogP contribution in [0.5, 0.6) is 11.5 Å². The highest BCUT2D eigenvalue weighted by Gasteiger charge is 2.14. The quantitative estimate of drug-likeness (QED) is 0.222. The molecule has 0 saturated carbocycles. The molecule has 0 amide bonds. The molecular weight excluding hydrogens is 424 g/mol. The maximum absolute atomic E-state index is 10.1. The third-order valence-electron chi connectivity index (χ3n) is 2.96. The molecule has 6 heteroatoms. The average Bonchev–Trinajstić information content (AvgIpc) is 2.78. The third-order valence-corrected chi connectivity index (χ3v) is 3.60. The topological polar surface area (TPSA) is 79.2 Å². The van der Waals surface area contributed by atoms with Gasteiger partial charge in [0.05, 0.1) is 16.9 Å². The van der Waals surface area contributed by atoms with E-state index in [1.54, 1.807) is 6.92 Å². The van der Waals surface area contributed by atoms with E-state index in [9.17, 15) is 10.2 Å². The Hall–Kier alpha value is -4.91. The van der Waals surface area contributed by atoms with Gasteiger partial charge in [-0.2, -0.15) is 0 Å². The van der Waals surface area contributed by atoms with Crippen LogP contribution in [-0.2, 0) is 9.37 Å². The predicted octanol–water partition coefficient (Wildman–Crippen LogP) is 2.29. The lowest BCUT2D eigenvalue weighted by Crippen LogP contribution is -1.92. The molecular formula is C26H10O5S. The molecule has 0 bridgehead atoms. The molecule has 0 aliphatic rings. The lowest BCUT2D eigenvalue weighted by molar-refractivity contribution is -0.432. The van der Waals surface area contributed by atoms with E-state index in [-0.39, 0.29) is 16.4 Å². The zero-order valence-corrected chi connectivity index (χ0v) is 17.2. The molecule has 0 radical (unpaired) electrons. The maximum Gasteiger partial charge on any atom is 0.132 e. The van der Waals surface area contributed by atoms with Crippen LogP contribution in [0.25, 0.3) is 0 Å². The van der Waals surface area contributed by atoms with Gasteiger partial charge in [0.25, 0.3) is 0 Å². The number of terminal acetylenes is 1. The number of hydrogen-bond donors (Lipinski definition) is 3. The van der Waals surface area contributed by atoms with E-state index >= 15 is 0 Å². The van der Waals surface area contributed by atoms with Crippen LogP contribution in [-0.4, -0.2) is 15.5 Å². The van der Waals surface area contributed by atoms with E-state index in [0.717, 1.165) is 0 Å². The zero-order valence-electron chi connectivity index (χ0n) is 16.4. The molecule has 0 spiro atoms. The molecule has 150 valence electrons. The number of hydrogen-bond acceptors (Lipinski definition) is 6. The van der Waals surface area contributed by atoms with Gasteiger partial charge in [-0.3, -0.25) is 0 Å². The summed E-state index contributed by atoms with van der Waals surface area (Å²) in [6, 6.07) is 2.58. The van der Waals surface area contributed by atoms with Crippen LogP contribution in [0.1, 0.15) is 18.4 Å². The van der Waals surface area contributed by atoms with Crippen LogP contribution in [0.3, 0.4) is 0 Å². The minimum atomic E-state index is -0.428. The Labute approximate surface area is 191 Å². The monoisotopic (exact) mass is 434 g/mol. The predicted molar refractivity (Wildman–Crippen MR) is 120 cm³/mol. The molecule has 1 aromatic rings. The lowest BCUT2D eigenvalue weighted by atomic mass is 10.0. The number of aromatic hydroxyl groups is 2. The van der Waals surface area contributed by atoms with Crippen molar-refractivity contribution in [1.82, 2.24) is 0 Å². The fourth-order valence-corrected chi connectivity index (χ4v) is 2.11. The largest absolute Gasteiger partial charge is 0.508 e. The minimum absolute atomic E-state index is 0.118. The Morgan fingerprint density at radius 2 is 1.22 bits per heavy atom. The van der Waals surface area contributed by atoms with Gasteiger partial charge in [-0.25, -0.2) is 5.26 Å². The van der Waals surface area contributed by atoms with Crippen molar-refractivity contribution >= 4 is 12.0 Å². The summed E-state index contributed by atoms with van der Waals surface area (Å²) in [7, 11) is 0. The van der Waals surface area contributed by atoms with Gasteiger partial charge < -0.3 is 10.2 Å². The third kappa shape index (κ3) is 10.6. The second-order valence-electron chi connectivity index (χ2n) is 4.99. The van der Waals surface area contributed by atoms with E-state index in [1.807, 2.05) is 0 Å². The van der Waals surface area contributed by atoms with Crippen LogP contribution >= 0.6 is 12.0 Å². The summed E-state index contributed by atoms with van der Waals surface area (Å²) in [6.45, 7) is 1.72. The fourth-order valence-electron chi connectivity index (χ4n) is 1.70. The Morgan fingerprint density at radius 3 is 1.69 bits per heavy atom. The molecule has 0 aliphatic carbocycles. The first kappa shape index (κ1) is 25.1. The Bertz CT molecular complexity index is 1400. The van der Waals surface area contributed by atoms with Gasteiger partial charge in [-0.15, -0.1) is 10.8 Å². The molecule has 0 fully saturated rings. The zero-order chi connectivity index (χ0) is 23.4. The molecule has 1 unspecified atom stereocenters. The summed E-state index contributed by atoms with van der Waals surface area (Å²) < 4.78 is 4.22. The molecule has 0 heterocycles. The first-order chi connectivity index (χ1) is 15.6. The van der Waals surface area contributed by atoms with E-state index < -0.39 is 5.92 Å². The summed E-state index contributed by atoms with van der Waals surface area (Å²) in [5.74, 6) is 41.3. The molecule has 0 aliphatic heterocycles. The van der Waals surface area contributed by atoms with E-state index in [0.29, 0.717) is 17.6 Å². The van der Waals surface area contributed by atoms with Crippen molar-refractivity contribution in [2.75, 3.05) is 0 Å². The second kappa shape index (κ2) is 15.9. The van der Waals surface area contributed by atoms with Crippen molar-refractivity contribution in [3.63, 3.8) is 0 Å². The second-order valence-corrected chi connectivity index (χ2v) is 5.73. The number of phenols is 2. The number of rotatable bonds is 4. The van der Waals surface area contributed by atoms with Gasteiger partial charge in [0, 0.05) is 11.5 Å². The van der Waals surface area contributed by atoms with Gasteiger partial charge in [-0.1, -0.05) is 11.0 Å². The standard InChI is InChI=1S/C26H10O5S/c1-3-4-5-6-7-8-9-10-11-12-13-14-15-16-17-18-19-22(2)23-20-25(28)26(21-24(23)27)32-31-30-29/h1,20-22,27-29H,2H3. The normalized spacial score (nSPS) is 8.03. The van der Waals surface area contributed by atoms with Gasteiger partial charge in [0.15, 0.2) is 0 Å². The average molecular weight is 434 g/mol. The lowest BCUT2D eigenvalue weighted by Gasteiger charge is -2.10. The molecule has 0 saturated heterocycles. The van der Waals surface area contributed by atoms with Gasteiger partial charge in [0.2, 0.25) is 0 Å². The highest BCUT2D eigenvalue weighted by Crippen LogP contribution is 2.37. The highest BCUT2D eigenvalue weighted by molar-refractivity contribution is 7.94. The van der Waals surface area contributed by atoms with Gasteiger partial charge in [0.1, 0.15) is 11.5 Å². The van der Waals surface area contributed by atoms with Crippen LogP contribution in [0, 0.1) is 107 Å². The van der Waals surface area contributed by atoms with E-state index in [4.69, 9.17) is 11.7 Å². The molecule has 1 atom stereocenters. The Kier molecular flexibility index (Phi) is 12.5. The summed E-state index contributed by atoms with van der Waals surface area (Å²) in [4.78, 5) is 0.146.